The van der Waals surface area contributed by atoms with E-state index in [9.17, 15) is 9.13 Å². The Labute approximate surface area is 181 Å². The fourth-order valence-corrected chi connectivity index (χ4v) is 3.66. The van der Waals surface area contributed by atoms with Crippen LogP contribution < -0.4 is 0 Å². The van der Waals surface area contributed by atoms with Gasteiger partial charge in [0.2, 0.25) is 0 Å². The van der Waals surface area contributed by atoms with Crippen LogP contribution in [0.15, 0.2) is 30.6 Å². The van der Waals surface area contributed by atoms with Gasteiger partial charge in [-0.15, -0.1) is 0 Å². The molecule has 0 aliphatic heterocycles. The first kappa shape index (κ1) is 33.4. The van der Waals surface area contributed by atoms with Crippen molar-refractivity contribution in [3.05, 3.63) is 30.6 Å². The number of phosphoric acid groups is 2. The van der Waals surface area contributed by atoms with Crippen LogP contribution in [0.4, 0.5) is 0 Å². The second-order valence-electron chi connectivity index (χ2n) is 6.58. The molecule has 0 amide bonds. The molecule has 1 rings (SSSR count). The van der Waals surface area contributed by atoms with E-state index in [0.29, 0.717) is 0 Å². The summed E-state index contributed by atoms with van der Waals surface area (Å²) < 4.78 is 40.4. The maximum absolute atomic E-state index is 10.9. The Morgan fingerprint density at radius 3 is 0.966 bits per heavy atom. The van der Waals surface area contributed by atoms with E-state index in [4.69, 9.17) is 9.79 Å². The van der Waals surface area contributed by atoms with Crippen LogP contribution in [-0.2, 0) is 27.2 Å². The maximum atomic E-state index is 10.9. The van der Waals surface area contributed by atoms with Crippen LogP contribution in [0.3, 0.4) is 0 Å². The first-order chi connectivity index (χ1) is 12.7. The molecule has 9 nitrogen and oxygen atoms in total. The zero-order chi connectivity index (χ0) is 22.4. The summed E-state index contributed by atoms with van der Waals surface area (Å²) in [7, 11) is -7.61. The molecule has 0 fully saturated rings. The van der Waals surface area contributed by atoms with Crippen LogP contribution in [0, 0.1) is 0 Å². The molecule has 0 unspecified atom stereocenters. The molecular formula is C17H37NO8P2S. The van der Waals surface area contributed by atoms with Crippen molar-refractivity contribution >= 4 is 29.1 Å². The SMILES string of the molecule is CC(C)OP(=O)(O)OC(C)C.CC(C)OP(=O)(O)OC(C)C.S.c1ccncc1. The first-order valence-electron chi connectivity index (χ1n) is 8.91. The highest BCUT2D eigenvalue weighted by Crippen LogP contribution is 2.46. The fraction of sp³-hybridized carbons (Fsp3) is 0.706. The fourth-order valence-electron chi connectivity index (χ4n) is 1.43. The molecule has 29 heavy (non-hydrogen) atoms. The molecule has 12 heteroatoms. The van der Waals surface area contributed by atoms with Gasteiger partial charge in [0.15, 0.2) is 0 Å². The van der Waals surface area contributed by atoms with Crippen LogP contribution in [0.2, 0.25) is 0 Å². The predicted octanol–water partition coefficient (Wildman–Crippen LogP) is 5.07. The predicted molar refractivity (Wildman–Crippen MR) is 119 cm³/mol. The normalized spacial score (nSPS) is 11.5. The lowest BCUT2D eigenvalue weighted by Gasteiger charge is -2.16. The van der Waals surface area contributed by atoms with Crippen LogP contribution in [0.25, 0.3) is 0 Å². The van der Waals surface area contributed by atoms with Crippen LogP contribution in [0.1, 0.15) is 55.4 Å². The summed E-state index contributed by atoms with van der Waals surface area (Å²) in [6, 6.07) is 5.72. The van der Waals surface area contributed by atoms with Crippen molar-refractivity contribution in [3.8, 4) is 0 Å². The van der Waals surface area contributed by atoms with Gasteiger partial charge in [-0.3, -0.25) is 23.1 Å². The Morgan fingerprint density at radius 1 is 0.621 bits per heavy atom. The van der Waals surface area contributed by atoms with Crippen LogP contribution >= 0.6 is 29.1 Å². The van der Waals surface area contributed by atoms with E-state index in [1.54, 1.807) is 67.8 Å². The van der Waals surface area contributed by atoms with Crippen molar-refractivity contribution in [2.24, 2.45) is 0 Å². The molecule has 0 aliphatic rings. The zero-order valence-corrected chi connectivity index (χ0v) is 21.2. The van der Waals surface area contributed by atoms with Gasteiger partial charge in [0.25, 0.3) is 0 Å². The van der Waals surface area contributed by atoms with Gasteiger partial charge < -0.3 is 9.79 Å². The van der Waals surface area contributed by atoms with Crippen molar-refractivity contribution < 1.29 is 37.0 Å². The van der Waals surface area contributed by atoms with Gasteiger partial charge in [0.05, 0.1) is 24.4 Å². The Morgan fingerprint density at radius 2 is 0.862 bits per heavy atom. The lowest BCUT2D eigenvalue weighted by atomic mass is 10.5. The summed E-state index contributed by atoms with van der Waals surface area (Å²) in [5.74, 6) is 0. The number of rotatable bonds is 8. The molecule has 0 aliphatic carbocycles. The summed E-state index contributed by atoms with van der Waals surface area (Å²) >= 11 is 0. The van der Waals surface area contributed by atoms with Gasteiger partial charge in [-0.25, -0.2) is 9.13 Å². The molecule has 174 valence electrons. The minimum absolute atomic E-state index is 0. The van der Waals surface area contributed by atoms with E-state index >= 15 is 0 Å². The minimum Gasteiger partial charge on any atom is -0.302 e. The van der Waals surface area contributed by atoms with Crippen molar-refractivity contribution in [1.82, 2.24) is 4.98 Å². The Bertz CT molecular complexity index is 497. The number of hydrogen-bond acceptors (Lipinski definition) is 7. The van der Waals surface area contributed by atoms with E-state index in [2.05, 4.69) is 23.1 Å². The summed E-state index contributed by atoms with van der Waals surface area (Å²) in [4.78, 5) is 21.7. The van der Waals surface area contributed by atoms with E-state index in [1.165, 1.54) is 0 Å². The summed E-state index contributed by atoms with van der Waals surface area (Å²) in [5.41, 5.74) is 0. The Kier molecular flexibility index (Phi) is 20.0. The zero-order valence-electron chi connectivity index (χ0n) is 18.4. The van der Waals surface area contributed by atoms with E-state index in [0.717, 1.165) is 0 Å². The molecule has 0 saturated carbocycles. The molecule has 0 bridgehead atoms. The summed E-state index contributed by atoms with van der Waals surface area (Å²) in [6.45, 7) is 13.4. The average molecular weight is 477 g/mol. The Hall–Kier alpha value is -0.280. The maximum Gasteiger partial charge on any atom is 0.472 e. The molecule has 0 spiro atoms. The van der Waals surface area contributed by atoms with Crippen molar-refractivity contribution in [2.45, 2.75) is 79.8 Å². The quantitative estimate of drug-likeness (QED) is 0.494. The number of aromatic nitrogens is 1. The summed E-state index contributed by atoms with van der Waals surface area (Å²) in [6.07, 6.45) is 2.29. The van der Waals surface area contributed by atoms with Gasteiger partial charge >= 0.3 is 15.6 Å². The molecule has 1 aromatic rings. The second kappa shape index (κ2) is 17.4. The average Bonchev–Trinajstić information content (AvgIpc) is 2.44. The number of hydrogen-bond donors (Lipinski definition) is 2. The molecule has 1 aromatic heterocycles. The molecule has 0 saturated heterocycles. The molecule has 0 radical (unpaired) electrons. The van der Waals surface area contributed by atoms with E-state index in [1.807, 2.05) is 18.2 Å². The van der Waals surface area contributed by atoms with Gasteiger partial charge in [0.1, 0.15) is 0 Å². The highest BCUT2D eigenvalue weighted by Gasteiger charge is 2.24. The van der Waals surface area contributed by atoms with Gasteiger partial charge in [0, 0.05) is 12.4 Å². The number of phosphoric ester groups is 2. The van der Waals surface area contributed by atoms with Crippen LogP contribution in [0.5, 0.6) is 0 Å². The molecular weight excluding hydrogens is 440 g/mol. The van der Waals surface area contributed by atoms with Gasteiger partial charge in [-0.2, -0.15) is 13.5 Å². The molecule has 1 heterocycles. The lowest BCUT2D eigenvalue weighted by Crippen LogP contribution is -2.06. The molecule has 2 N–H and O–H groups in total. The van der Waals surface area contributed by atoms with Crippen LogP contribution in [-0.4, -0.2) is 39.2 Å². The van der Waals surface area contributed by atoms with E-state index in [-0.39, 0.29) is 37.9 Å². The second-order valence-corrected chi connectivity index (χ2v) is 9.30. The monoisotopic (exact) mass is 477 g/mol. The highest BCUT2D eigenvalue weighted by molar-refractivity contribution is 7.59. The first-order valence-corrected chi connectivity index (χ1v) is 11.9. The lowest BCUT2D eigenvalue weighted by molar-refractivity contribution is 0.0968. The van der Waals surface area contributed by atoms with Crippen molar-refractivity contribution in [2.75, 3.05) is 0 Å². The third-order valence-electron chi connectivity index (χ3n) is 1.94. The minimum atomic E-state index is -3.80. The largest absolute Gasteiger partial charge is 0.472 e. The number of pyridine rings is 1. The highest BCUT2D eigenvalue weighted by atomic mass is 32.1. The van der Waals surface area contributed by atoms with E-state index < -0.39 is 15.6 Å². The number of nitrogens with zero attached hydrogens (tertiary/aromatic N) is 1. The van der Waals surface area contributed by atoms with Crippen molar-refractivity contribution in [3.63, 3.8) is 0 Å². The molecule has 0 atom stereocenters. The smallest absolute Gasteiger partial charge is 0.302 e. The standard InChI is InChI=1S/2C6H15O4P.C5H5N.H2S/c2*1-5(2)9-11(7,8)10-6(3)4;1-2-4-6-5-3-1;/h2*5-6H,1-4H3,(H,7,8);1-5H;1H2. The third kappa shape index (κ3) is 27.7. The van der Waals surface area contributed by atoms with Gasteiger partial charge in [-0.1, -0.05) is 6.07 Å². The van der Waals surface area contributed by atoms with Crippen molar-refractivity contribution in [1.29, 1.82) is 0 Å². The summed E-state index contributed by atoms with van der Waals surface area (Å²) in [5, 5.41) is 0. The molecule has 0 aromatic carbocycles. The van der Waals surface area contributed by atoms with Gasteiger partial charge in [-0.05, 0) is 67.5 Å². The third-order valence-corrected chi connectivity index (χ3v) is 4.69. The Balaban J connectivity index is -0.000000357. The topological polar surface area (TPSA) is 124 Å².